The lowest BCUT2D eigenvalue weighted by Gasteiger charge is -2.26. The van der Waals surface area contributed by atoms with E-state index in [0.717, 1.165) is 5.56 Å². The molecule has 1 fully saturated rings. The summed E-state index contributed by atoms with van der Waals surface area (Å²) in [6.45, 7) is 0.926. The Morgan fingerprint density at radius 3 is 2.67 bits per heavy atom. The van der Waals surface area contributed by atoms with Gasteiger partial charge in [0.15, 0.2) is 0 Å². The van der Waals surface area contributed by atoms with E-state index in [1.54, 1.807) is 0 Å². The number of carbonyl (C=O) groups is 1. The third-order valence-corrected chi connectivity index (χ3v) is 4.71. The first-order valence-corrected chi connectivity index (χ1v) is 7.56. The summed E-state index contributed by atoms with van der Waals surface area (Å²) in [6, 6.07) is 9.28. The minimum absolute atomic E-state index is 0.139. The third kappa shape index (κ3) is 3.30. The lowest BCUT2D eigenvalue weighted by atomic mass is 10.2. The average Bonchev–Trinajstić information content (AvgIpc) is 2.24. The highest BCUT2D eigenvalue weighted by Crippen LogP contribution is 2.13. The molecular formula is C12H15NO4S. The summed E-state index contributed by atoms with van der Waals surface area (Å²) in [5, 5.41) is -0.165. The zero-order valence-corrected chi connectivity index (χ0v) is 10.9. The minimum Gasteiger partial charge on any atom is -0.443 e. The van der Waals surface area contributed by atoms with Crippen molar-refractivity contribution < 1.29 is 18.5 Å². The highest BCUT2D eigenvalue weighted by Gasteiger charge is 2.28. The first-order chi connectivity index (χ1) is 8.58. The summed E-state index contributed by atoms with van der Waals surface area (Å²) >= 11 is 0. The molecule has 18 heavy (non-hydrogen) atoms. The predicted octanol–water partition coefficient (Wildman–Crippen LogP) is 1.82. The Morgan fingerprint density at radius 1 is 1.44 bits per heavy atom. The molecular weight excluding hydrogens is 254 g/mol. The van der Waals surface area contributed by atoms with Gasteiger partial charge in [-0.25, -0.2) is 9.00 Å². The summed E-state index contributed by atoms with van der Waals surface area (Å²) < 4.78 is 25.6. The van der Waals surface area contributed by atoms with E-state index < -0.39 is 15.8 Å². The highest BCUT2D eigenvalue weighted by atomic mass is 32.2. The number of carbonyl (C=O) groups excluding carboxylic acids is 1. The standard InChI is InChI=1S/C12H15NO4S/c1-18(15,11-8-16-9-11)13-12(14)17-7-10-5-3-2-4-6-10/h2-6,11H,7-9H2,1H3. The molecule has 2 rings (SSSR count). The number of benzene rings is 1. The lowest BCUT2D eigenvalue weighted by Crippen LogP contribution is -2.40. The van der Waals surface area contributed by atoms with Crippen LogP contribution in [0.5, 0.6) is 0 Å². The van der Waals surface area contributed by atoms with E-state index in [1.165, 1.54) is 6.26 Å². The van der Waals surface area contributed by atoms with Gasteiger partial charge in [0.1, 0.15) is 6.61 Å². The Kier molecular flexibility index (Phi) is 3.98. The van der Waals surface area contributed by atoms with E-state index in [9.17, 15) is 9.00 Å². The van der Waals surface area contributed by atoms with Gasteiger partial charge in [0, 0.05) is 6.26 Å². The van der Waals surface area contributed by atoms with Crippen LogP contribution in [-0.2, 0) is 25.8 Å². The summed E-state index contributed by atoms with van der Waals surface area (Å²) in [6.07, 6.45) is 0.683. The first-order valence-electron chi connectivity index (χ1n) is 5.57. The van der Waals surface area contributed by atoms with Crippen molar-refractivity contribution in [1.29, 1.82) is 0 Å². The SMILES string of the molecule is CS(=O)(=NC(=O)OCc1ccccc1)C1COC1. The maximum Gasteiger partial charge on any atom is 0.442 e. The Bertz CT molecular complexity index is 530. The fraction of sp³-hybridized carbons (Fsp3) is 0.417. The van der Waals surface area contributed by atoms with Gasteiger partial charge in [0.2, 0.25) is 0 Å². The summed E-state index contributed by atoms with van der Waals surface area (Å²) in [5.74, 6) is 0. The van der Waals surface area contributed by atoms with Crippen LogP contribution in [0.25, 0.3) is 0 Å². The third-order valence-electron chi connectivity index (χ3n) is 2.69. The topological polar surface area (TPSA) is 65.0 Å². The molecule has 0 radical (unpaired) electrons. The van der Waals surface area contributed by atoms with E-state index in [4.69, 9.17) is 9.47 Å². The van der Waals surface area contributed by atoms with Crippen molar-refractivity contribution in [2.24, 2.45) is 4.36 Å². The Morgan fingerprint density at radius 2 is 2.11 bits per heavy atom. The van der Waals surface area contributed by atoms with Crippen LogP contribution in [0.3, 0.4) is 0 Å². The molecule has 1 unspecified atom stereocenters. The molecule has 6 heteroatoms. The number of rotatable bonds is 3. The van der Waals surface area contributed by atoms with Crippen LogP contribution in [0.15, 0.2) is 34.7 Å². The molecule has 1 atom stereocenters. The fourth-order valence-electron chi connectivity index (χ4n) is 1.43. The quantitative estimate of drug-likeness (QED) is 0.839. The largest absolute Gasteiger partial charge is 0.443 e. The number of hydrogen-bond donors (Lipinski definition) is 0. The van der Waals surface area contributed by atoms with Crippen LogP contribution in [0.1, 0.15) is 5.56 Å². The molecule has 1 aliphatic rings. The first kappa shape index (κ1) is 13.0. The van der Waals surface area contributed by atoms with Crippen molar-refractivity contribution in [3.05, 3.63) is 35.9 Å². The summed E-state index contributed by atoms with van der Waals surface area (Å²) in [5.41, 5.74) is 0.871. The molecule has 1 saturated heterocycles. The molecule has 0 saturated carbocycles. The zero-order chi connectivity index (χ0) is 13.0. The Labute approximate surface area is 106 Å². The molecule has 0 N–H and O–H groups in total. The average molecular weight is 269 g/mol. The number of hydrogen-bond acceptors (Lipinski definition) is 4. The van der Waals surface area contributed by atoms with E-state index in [-0.39, 0.29) is 11.9 Å². The smallest absolute Gasteiger partial charge is 0.442 e. The second-order valence-electron chi connectivity index (χ2n) is 4.15. The van der Waals surface area contributed by atoms with Crippen molar-refractivity contribution in [2.75, 3.05) is 19.5 Å². The van der Waals surface area contributed by atoms with Crippen LogP contribution in [-0.4, -0.2) is 35.0 Å². The van der Waals surface area contributed by atoms with Crippen LogP contribution < -0.4 is 0 Å². The van der Waals surface area contributed by atoms with Gasteiger partial charge in [-0.05, 0) is 5.56 Å². The van der Waals surface area contributed by atoms with Gasteiger partial charge in [-0.1, -0.05) is 30.3 Å². The van der Waals surface area contributed by atoms with E-state index in [1.807, 2.05) is 30.3 Å². The van der Waals surface area contributed by atoms with Crippen molar-refractivity contribution in [1.82, 2.24) is 0 Å². The second-order valence-corrected chi connectivity index (χ2v) is 6.72. The molecule has 1 aromatic rings. The lowest BCUT2D eigenvalue weighted by molar-refractivity contribution is 0.0430. The monoisotopic (exact) mass is 269 g/mol. The van der Waals surface area contributed by atoms with Crippen LogP contribution in [0.2, 0.25) is 0 Å². The summed E-state index contributed by atoms with van der Waals surface area (Å²) in [7, 11) is -2.55. The molecule has 1 aromatic carbocycles. The molecule has 5 nitrogen and oxygen atoms in total. The maximum absolute atomic E-state index is 12.0. The van der Waals surface area contributed by atoms with Crippen molar-refractivity contribution in [2.45, 2.75) is 11.9 Å². The Balaban J connectivity index is 1.92. The molecule has 1 aliphatic heterocycles. The van der Waals surface area contributed by atoms with Gasteiger partial charge in [-0.15, -0.1) is 4.36 Å². The van der Waals surface area contributed by atoms with Gasteiger partial charge in [0.25, 0.3) is 0 Å². The minimum atomic E-state index is -2.55. The molecule has 1 amide bonds. The molecule has 0 spiro atoms. The van der Waals surface area contributed by atoms with Gasteiger partial charge < -0.3 is 9.47 Å². The van der Waals surface area contributed by atoms with Gasteiger partial charge in [0.05, 0.1) is 28.2 Å². The number of nitrogens with zero attached hydrogens (tertiary/aromatic N) is 1. The predicted molar refractivity (Wildman–Crippen MR) is 67.7 cm³/mol. The molecule has 0 aliphatic carbocycles. The number of amides is 1. The van der Waals surface area contributed by atoms with Crippen molar-refractivity contribution in [3.63, 3.8) is 0 Å². The molecule has 0 bridgehead atoms. The van der Waals surface area contributed by atoms with E-state index >= 15 is 0 Å². The maximum atomic E-state index is 12.0. The van der Waals surface area contributed by atoms with Crippen molar-refractivity contribution >= 4 is 15.8 Å². The van der Waals surface area contributed by atoms with E-state index in [2.05, 4.69) is 4.36 Å². The van der Waals surface area contributed by atoms with Gasteiger partial charge >= 0.3 is 6.09 Å². The van der Waals surface area contributed by atoms with Crippen molar-refractivity contribution in [3.8, 4) is 0 Å². The second kappa shape index (κ2) is 5.49. The zero-order valence-electron chi connectivity index (χ0n) is 10.1. The number of ether oxygens (including phenoxy) is 2. The highest BCUT2D eigenvalue weighted by molar-refractivity contribution is 7.93. The van der Waals surface area contributed by atoms with Crippen LogP contribution in [0.4, 0.5) is 4.79 Å². The van der Waals surface area contributed by atoms with Crippen LogP contribution >= 0.6 is 0 Å². The van der Waals surface area contributed by atoms with Crippen LogP contribution in [0, 0.1) is 0 Å². The molecule has 0 aromatic heterocycles. The normalized spacial score (nSPS) is 18.5. The Hall–Kier alpha value is -1.40. The summed E-state index contributed by atoms with van der Waals surface area (Å²) in [4.78, 5) is 11.5. The van der Waals surface area contributed by atoms with Gasteiger partial charge in [-0.3, -0.25) is 0 Å². The molecule has 1 heterocycles. The molecule has 98 valence electrons. The van der Waals surface area contributed by atoms with Gasteiger partial charge in [-0.2, -0.15) is 0 Å². The van der Waals surface area contributed by atoms with E-state index in [0.29, 0.717) is 13.2 Å². The fourth-order valence-corrected chi connectivity index (χ4v) is 2.63.